The van der Waals surface area contributed by atoms with Crippen LogP contribution >= 0.6 is 27.5 Å². The van der Waals surface area contributed by atoms with Gasteiger partial charge in [0.2, 0.25) is 5.91 Å². The minimum absolute atomic E-state index is 0.000849. The maximum Gasteiger partial charge on any atom is 0.312 e. The highest BCUT2D eigenvalue weighted by molar-refractivity contribution is 9.09. The number of fused-ring (bicyclic) bond motifs is 1. The lowest BCUT2D eigenvalue weighted by atomic mass is 9.70. The van der Waals surface area contributed by atoms with Crippen LogP contribution in [0.1, 0.15) is 25.8 Å². The molecular weight excluding hydrogens is 576 g/mol. The highest BCUT2D eigenvalue weighted by Crippen LogP contribution is 2.61. The molecule has 3 heterocycles. The van der Waals surface area contributed by atoms with Gasteiger partial charge < -0.3 is 24.4 Å². The number of nitrogens with zero attached hydrogens (tertiary/aromatic N) is 2. The number of aliphatic hydroxyl groups is 1. The fraction of sp³-hybridized carbons (Fsp3) is 0.536. The Kier molecular flexibility index (Phi) is 8.43. The molecule has 1 aromatic carbocycles. The lowest BCUT2D eigenvalue weighted by Gasteiger charge is -2.40. The fourth-order valence-corrected chi connectivity index (χ4v) is 7.63. The zero-order valence-electron chi connectivity index (χ0n) is 21.8. The number of carbonyl (C=O) groups is 3. The van der Waals surface area contributed by atoms with Crippen molar-refractivity contribution >= 4 is 51.0 Å². The molecule has 1 spiro atoms. The van der Waals surface area contributed by atoms with Crippen LogP contribution in [0.2, 0.25) is 5.02 Å². The molecule has 2 amide bonds. The van der Waals surface area contributed by atoms with Gasteiger partial charge in [0.05, 0.1) is 41.3 Å². The molecule has 1 aromatic rings. The summed E-state index contributed by atoms with van der Waals surface area (Å²) in [7, 11) is 0. The lowest BCUT2D eigenvalue weighted by molar-refractivity contribution is -0.155. The predicted molar refractivity (Wildman–Crippen MR) is 148 cm³/mol. The number of carbonyl (C=O) groups excluding carboxylic acids is 3. The average molecular weight is 610 g/mol. The standard InChI is InChI=1S/C28H34BrClN2O6/c1-6-11-31(22-16(5)9-8-10-18(22)30)26(35)24-28-13-17(29)23(38-28)20(27(36)37-12-7-2)21(28)25(34)32(24)19(14-33)15(3)4/h6-10,15,17,19-21,23-24,33H,1-2,11-14H2,3-5H3/t17?,19-,20+,21-,23+,24?,28?/m0/s1. The number of para-hydroxylation sites is 1. The van der Waals surface area contributed by atoms with Crippen LogP contribution in [-0.2, 0) is 23.9 Å². The van der Waals surface area contributed by atoms with Crippen LogP contribution in [0, 0.1) is 24.7 Å². The van der Waals surface area contributed by atoms with Crippen molar-refractivity contribution in [2.75, 3.05) is 24.7 Å². The van der Waals surface area contributed by atoms with Crippen LogP contribution in [0.15, 0.2) is 43.5 Å². The molecule has 0 aromatic heterocycles. The van der Waals surface area contributed by atoms with E-state index in [4.69, 9.17) is 21.1 Å². The minimum Gasteiger partial charge on any atom is -0.461 e. The molecule has 0 radical (unpaired) electrons. The molecule has 3 fully saturated rings. The maximum atomic E-state index is 14.6. The van der Waals surface area contributed by atoms with Crippen LogP contribution < -0.4 is 4.90 Å². The fourth-order valence-electron chi connectivity index (χ4n) is 6.36. The Morgan fingerprint density at radius 3 is 2.66 bits per heavy atom. The van der Waals surface area contributed by atoms with Crippen LogP contribution in [0.25, 0.3) is 0 Å². The predicted octanol–water partition coefficient (Wildman–Crippen LogP) is 3.66. The van der Waals surface area contributed by atoms with Crippen LogP contribution in [0.4, 0.5) is 5.69 Å². The summed E-state index contributed by atoms with van der Waals surface area (Å²) in [6, 6.07) is 3.59. The molecular formula is C28H34BrClN2O6. The monoisotopic (exact) mass is 608 g/mol. The summed E-state index contributed by atoms with van der Waals surface area (Å²) in [5.41, 5.74) is 0.00393. The Balaban J connectivity index is 1.88. The lowest BCUT2D eigenvalue weighted by Crippen LogP contribution is -2.60. The zero-order valence-corrected chi connectivity index (χ0v) is 24.2. The van der Waals surface area contributed by atoms with E-state index in [9.17, 15) is 19.5 Å². The van der Waals surface area contributed by atoms with Crippen molar-refractivity contribution in [2.24, 2.45) is 17.8 Å². The summed E-state index contributed by atoms with van der Waals surface area (Å²) in [5, 5.41) is 10.8. The number of hydrogen-bond acceptors (Lipinski definition) is 6. The number of aliphatic hydroxyl groups excluding tert-OH is 1. The third kappa shape index (κ3) is 4.41. The molecule has 38 heavy (non-hydrogen) atoms. The average Bonchev–Trinajstić information content (AvgIpc) is 3.45. The number of amides is 2. The largest absolute Gasteiger partial charge is 0.461 e. The molecule has 0 aliphatic carbocycles. The van der Waals surface area contributed by atoms with Crippen molar-refractivity contribution in [1.82, 2.24) is 4.90 Å². The van der Waals surface area contributed by atoms with Gasteiger partial charge in [0.15, 0.2) is 0 Å². The third-order valence-electron chi connectivity index (χ3n) is 7.93. The topological polar surface area (TPSA) is 96.4 Å². The van der Waals surface area contributed by atoms with Gasteiger partial charge in [0, 0.05) is 11.4 Å². The van der Waals surface area contributed by atoms with Crippen molar-refractivity contribution in [2.45, 2.75) is 55.8 Å². The van der Waals surface area contributed by atoms with Crippen molar-refractivity contribution in [3.63, 3.8) is 0 Å². The number of rotatable bonds is 10. The molecule has 10 heteroatoms. The van der Waals surface area contributed by atoms with Gasteiger partial charge in [-0.2, -0.15) is 0 Å². The van der Waals surface area contributed by atoms with E-state index >= 15 is 0 Å². The summed E-state index contributed by atoms with van der Waals surface area (Å²) in [6.45, 7) is 12.8. The van der Waals surface area contributed by atoms with E-state index in [1.165, 1.54) is 15.9 Å². The van der Waals surface area contributed by atoms with E-state index in [-0.39, 0.29) is 30.5 Å². The number of ether oxygens (including phenoxy) is 2. The number of anilines is 1. The van der Waals surface area contributed by atoms with Crippen molar-refractivity contribution in [3.8, 4) is 0 Å². The van der Waals surface area contributed by atoms with Gasteiger partial charge in [0.25, 0.3) is 5.91 Å². The number of halogens is 2. The maximum absolute atomic E-state index is 14.6. The second-order valence-corrected chi connectivity index (χ2v) is 12.0. The van der Waals surface area contributed by atoms with Crippen LogP contribution in [-0.4, -0.2) is 76.2 Å². The van der Waals surface area contributed by atoms with Gasteiger partial charge in [0.1, 0.15) is 18.2 Å². The first-order valence-corrected chi connectivity index (χ1v) is 14.0. The molecule has 0 saturated carbocycles. The molecule has 206 valence electrons. The molecule has 3 saturated heterocycles. The quantitative estimate of drug-likeness (QED) is 0.247. The number of esters is 1. The molecule has 4 rings (SSSR count). The Morgan fingerprint density at radius 2 is 2.08 bits per heavy atom. The number of aryl methyl sites for hydroxylation is 1. The first-order valence-electron chi connectivity index (χ1n) is 12.8. The summed E-state index contributed by atoms with van der Waals surface area (Å²) >= 11 is 10.2. The summed E-state index contributed by atoms with van der Waals surface area (Å²) in [6.07, 6.45) is 2.76. The smallest absolute Gasteiger partial charge is 0.312 e. The first kappa shape index (κ1) is 28.8. The second-order valence-electron chi connectivity index (χ2n) is 10.5. The van der Waals surface area contributed by atoms with Gasteiger partial charge >= 0.3 is 5.97 Å². The molecule has 2 bridgehead atoms. The Hall–Kier alpha value is -2.20. The van der Waals surface area contributed by atoms with Crippen LogP contribution in [0.5, 0.6) is 0 Å². The summed E-state index contributed by atoms with van der Waals surface area (Å²) in [5.74, 6) is -3.38. The number of hydrogen-bond donors (Lipinski definition) is 1. The molecule has 1 N–H and O–H groups in total. The molecule has 8 nitrogen and oxygen atoms in total. The zero-order chi connectivity index (χ0) is 27.9. The Bertz CT molecular complexity index is 1120. The van der Waals surface area contributed by atoms with Gasteiger partial charge in [-0.3, -0.25) is 14.4 Å². The van der Waals surface area contributed by atoms with E-state index in [1.54, 1.807) is 18.2 Å². The van der Waals surface area contributed by atoms with E-state index in [0.29, 0.717) is 17.1 Å². The van der Waals surface area contributed by atoms with Crippen LogP contribution in [0.3, 0.4) is 0 Å². The minimum atomic E-state index is -1.29. The summed E-state index contributed by atoms with van der Waals surface area (Å²) < 4.78 is 11.9. The van der Waals surface area contributed by atoms with Gasteiger partial charge in [-0.05, 0) is 30.9 Å². The molecule has 3 unspecified atom stereocenters. The van der Waals surface area contributed by atoms with Gasteiger partial charge in [-0.25, -0.2) is 0 Å². The van der Waals surface area contributed by atoms with E-state index < -0.39 is 53.4 Å². The SMILES string of the molecule is C=CCOC(=O)[C@H]1[C@@H]2OC3(CC2Br)C(C(=O)N(CC=C)c2c(C)cccc2Cl)N([C@@H](CO)C(C)C)C(=O)[C@H]13. The third-order valence-corrected chi connectivity index (χ3v) is 9.08. The van der Waals surface area contributed by atoms with E-state index in [1.807, 2.05) is 26.8 Å². The van der Waals surface area contributed by atoms with Crippen molar-refractivity contribution < 1.29 is 29.0 Å². The first-order chi connectivity index (χ1) is 18.0. The number of alkyl halides is 1. The highest BCUT2D eigenvalue weighted by atomic mass is 79.9. The molecule has 7 atom stereocenters. The number of benzene rings is 1. The highest BCUT2D eigenvalue weighted by Gasteiger charge is 2.77. The van der Waals surface area contributed by atoms with Crippen molar-refractivity contribution in [1.29, 1.82) is 0 Å². The van der Waals surface area contributed by atoms with E-state index in [0.717, 1.165) is 5.56 Å². The summed E-state index contributed by atoms with van der Waals surface area (Å²) in [4.78, 5) is 44.8. The molecule has 3 aliphatic heterocycles. The normalized spacial score (nSPS) is 30.3. The van der Waals surface area contributed by atoms with E-state index in [2.05, 4.69) is 29.1 Å². The second kappa shape index (κ2) is 11.1. The van der Waals surface area contributed by atoms with Crippen molar-refractivity contribution in [3.05, 3.63) is 54.1 Å². The Labute approximate surface area is 236 Å². The Morgan fingerprint density at radius 1 is 1.37 bits per heavy atom. The van der Waals surface area contributed by atoms with Gasteiger partial charge in [-0.15, -0.1) is 6.58 Å². The van der Waals surface area contributed by atoms with Gasteiger partial charge in [-0.1, -0.05) is 72.2 Å². The molecule has 3 aliphatic rings. The number of likely N-dealkylation sites (tertiary alicyclic amines) is 1.